The molecular formula is C20H21ClN6O3. The Hall–Kier alpha value is -3.33. The fraction of sp³-hybridized carbons (Fsp3) is 0.300. The molecule has 4 rings (SSSR count). The largest absolute Gasteiger partial charge is 0.495 e. The van der Waals surface area contributed by atoms with Crippen LogP contribution in [0.3, 0.4) is 0 Å². The van der Waals surface area contributed by atoms with E-state index in [1.807, 2.05) is 17.0 Å². The Morgan fingerprint density at radius 2 is 2.10 bits per heavy atom. The van der Waals surface area contributed by atoms with Crippen LogP contribution in [0.2, 0.25) is 5.02 Å². The number of piperidine rings is 1. The molecule has 0 spiro atoms. The highest BCUT2D eigenvalue weighted by Crippen LogP contribution is 2.29. The lowest BCUT2D eigenvalue weighted by atomic mass is 9.89. The number of benzene rings is 1. The van der Waals surface area contributed by atoms with E-state index in [9.17, 15) is 4.79 Å². The van der Waals surface area contributed by atoms with Gasteiger partial charge in [0.25, 0.3) is 0 Å². The molecule has 0 saturated carbocycles. The van der Waals surface area contributed by atoms with Crippen LogP contribution < -0.4 is 20.3 Å². The smallest absolute Gasteiger partial charge is 0.319 e. The number of anilines is 2. The number of ether oxygens (including phenoxy) is 1. The molecule has 2 N–H and O–H groups in total. The second-order valence-electron chi connectivity index (χ2n) is 6.90. The van der Waals surface area contributed by atoms with Gasteiger partial charge in [0.15, 0.2) is 0 Å². The van der Waals surface area contributed by atoms with Gasteiger partial charge in [-0.15, -0.1) is 5.10 Å². The second kappa shape index (κ2) is 9.00. The van der Waals surface area contributed by atoms with Crippen LogP contribution in [0.25, 0.3) is 0 Å². The summed E-state index contributed by atoms with van der Waals surface area (Å²) in [5, 5.41) is 14.3. The van der Waals surface area contributed by atoms with Crippen LogP contribution in [0.15, 0.2) is 53.4 Å². The van der Waals surface area contributed by atoms with Gasteiger partial charge in [0, 0.05) is 41.5 Å². The third-order valence-electron chi connectivity index (χ3n) is 5.03. The van der Waals surface area contributed by atoms with Crippen molar-refractivity contribution in [1.82, 2.24) is 20.5 Å². The number of nitrogens with one attached hydrogen (secondary N) is 2. The molecule has 3 heterocycles. The third-order valence-corrected chi connectivity index (χ3v) is 5.28. The van der Waals surface area contributed by atoms with E-state index in [2.05, 4.69) is 25.8 Å². The number of methoxy groups -OCH3 is 1. The van der Waals surface area contributed by atoms with E-state index in [-0.39, 0.29) is 18.0 Å². The Morgan fingerprint density at radius 1 is 1.27 bits per heavy atom. The number of amides is 2. The van der Waals surface area contributed by atoms with Crippen LogP contribution in [0.5, 0.6) is 5.75 Å². The molecule has 156 valence electrons. The highest BCUT2D eigenvalue weighted by molar-refractivity contribution is 6.30. The Morgan fingerprint density at radius 3 is 2.77 bits per heavy atom. The van der Waals surface area contributed by atoms with Gasteiger partial charge in [0.2, 0.25) is 6.39 Å². The van der Waals surface area contributed by atoms with Gasteiger partial charge < -0.3 is 24.7 Å². The molecule has 1 aliphatic rings. The van der Waals surface area contributed by atoms with Crippen molar-refractivity contribution in [2.24, 2.45) is 0 Å². The van der Waals surface area contributed by atoms with Crippen molar-refractivity contribution in [2.45, 2.75) is 18.4 Å². The minimum atomic E-state index is -0.285. The average molecular weight is 429 g/mol. The van der Waals surface area contributed by atoms with Crippen LogP contribution in [-0.4, -0.2) is 47.5 Å². The Labute approximate surface area is 178 Å². The maximum absolute atomic E-state index is 12.6. The van der Waals surface area contributed by atoms with E-state index in [4.69, 9.17) is 20.8 Å². The lowest BCUT2D eigenvalue weighted by molar-refractivity contribution is 0.242. The van der Waals surface area contributed by atoms with Gasteiger partial charge in [-0.05, 0) is 42.8 Å². The van der Waals surface area contributed by atoms with Gasteiger partial charge in [-0.25, -0.2) is 4.79 Å². The summed E-state index contributed by atoms with van der Waals surface area (Å²) in [7, 11) is 1.60. The lowest BCUT2D eigenvalue weighted by Crippen LogP contribution is -2.51. The first-order valence-corrected chi connectivity index (χ1v) is 9.84. The minimum absolute atomic E-state index is 0.0764. The molecule has 2 atom stereocenters. The summed E-state index contributed by atoms with van der Waals surface area (Å²) in [6.45, 7) is 1.24. The van der Waals surface area contributed by atoms with Crippen molar-refractivity contribution in [1.29, 1.82) is 0 Å². The molecular weight excluding hydrogens is 408 g/mol. The maximum Gasteiger partial charge on any atom is 0.319 e. The molecule has 1 aromatic carbocycles. The fourth-order valence-electron chi connectivity index (χ4n) is 3.50. The van der Waals surface area contributed by atoms with Crippen LogP contribution in [0.1, 0.15) is 18.0 Å². The fourth-order valence-corrected chi connectivity index (χ4v) is 3.63. The monoisotopic (exact) mass is 428 g/mol. The second-order valence-corrected chi connectivity index (χ2v) is 7.33. The molecule has 1 fully saturated rings. The molecule has 0 aliphatic carbocycles. The predicted octanol–water partition coefficient (Wildman–Crippen LogP) is 3.31. The number of aromatic nitrogens is 3. The standard InChI is InChI=1S/C20H21ClN6O3/c1-29-15-6-7-17(22-10-15)16-11-27(20-26-23-12-30-20)9-8-18(16)25-19(28)24-14-4-2-13(21)3-5-14/h2-7,10,12,16,18H,8-9,11H2,1H3,(H2,24,25,28)/t16-,18+/m0/s1. The van der Waals surface area contributed by atoms with Crippen LogP contribution in [0.4, 0.5) is 16.5 Å². The summed E-state index contributed by atoms with van der Waals surface area (Å²) < 4.78 is 10.6. The normalized spacial score (nSPS) is 18.7. The van der Waals surface area contributed by atoms with Crippen molar-refractivity contribution in [3.05, 3.63) is 59.7 Å². The summed E-state index contributed by atoms with van der Waals surface area (Å²) in [5.74, 6) is 0.598. The highest BCUT2D eigenvalue weighted by atomic mass is 35.5. The molecule has 10 heteroatoms. The first-order valence-electron chi connectivity index (χ1n) is 9.46. The highest BCUT2D eigenvalue weighted by Gasteiger charge is 2.34. The number of carbonyl (C=O) groups excluding carboxylic acids is 1. The number of carbonyl (C=O) groups is 1. The van der Waals surface area contributed by atoms with E-state index in [0.29, 0.717) is 42.0 Å². The predicted molar refractivity (Wildman–Crippen MR) is 112 cm³/mol. The first-order chi connectivity index (χ1) is 14.6. The van der Waals surface area contributed by atoms with E-state index < -0.39 is 0 Å². The first kappa shape index (κ1) is 20.0. The molecule has 1 saturated heterocycles. The summed E-state index contributed by atoms with van der Waals surface area (Å²) in [6, 6.07) is 10.8. The third kappa shape index (κ3) is 4.62. The Bertz CT molecular complexity index is 965. The van der Waals surface area contributed by atoms with Gasteiger partial charge in [-0.3, -0.25) is 4.98 Å². The van der Waals surface area contributed by atoms with Gasteiger partial charge in [-0.2, -0.15) is 0 Å². The van der Waals surface area contributed by atoms with Crippen LogP contribution in [0, 0.1) is 0 Å². The molecule has 0 radical (unpaired) electrons. The summed E-state index contributed by atoms with van der Waals surface area (Å²) in [6.07, 6.45) is 3.67. The number of pyridine rings is 1. The number of halogens is 1. The molecule has 2 aromatic heterocycles. The van der Waals surface area contributed by atoms with Crippen molar-refractivity contribution in [3.63, 3.8) is 0 Å². The van der Waals surface area contributed by atoms with Crippen LogP contribution >= 0.6 is 11.6 Å². The minimum Gasteiger partial charge on any atom is -0.495 e. The van der Waals surface area contributed by atoms with Crippen molar-refractivity contribution in [2.75, 3.05) is 30.4 Å². The number of urea groups is 1. The van der Waals surface area contributed by atoms with Crippen molar-refractivity contribution in [3.8, 4) is 5.75 Å². The SMILES string of the molecule is COc1ccc([C@@H]2CN(c3nnco3)CC[C@H]2NC(=O)Nc2ccc(Cl)cc2)nc1. The van der Waals surface area contributed by atoms with E-state index in [0.717, 1.165) is 5.69 Å². The van der Waals surface area contributed by atoms with E-state index >= 15 is 0 Å². The van der Waals surface area contributed by atoms with E-state index in [1.54, 1.807) is 37.6 Å². The number of hydrogen-bond acceptors (Lipinski definition) is 7. The van der Waals surface area contributed by atoms with Gasteiger partial charge in [0.05, 0.1) is 13.3 Å². The number of hydrogen-bond donors (Lipinski definition) is 2. The Kier molecular flexibility index (Phi) is 5.99. The summed E-state index contributed by atoms with van der Waals surface area (Å²) in [4.78, 5) is 19.1. The van der Waals surface area contributed by atoms with Crippen molar-refractivity contribution < 1.29 is 13.9 Å². The zero-order valence-corrected chi connectivity index (χ0v) is 17.0. The number of nitrogens with zero attached hydrogens (tertiary/aromatic N) is 4. The lowest BCUT2D eigenvalue weighted by Gasteiger charge is -2.37. The molecule has 30 heavy (non-hydrogen) atoms. The quantitative estimate of drug-likeness (QED) is 0.642. The zero-order valence-electron chi connectivity index (χ0n) is 16.3. The van der Waals surface area contributed by atoms with Crippen molar-refractivity contribution >= 4 is 29.3 Å². The summed E-state index contributed by atoms with van der Waals surface area (Å²) in [5.41, 5.74) is 1.51. The molecule has 2 amide bonds. The zero-order chi connectivity index (χ0) is 20.9. The van der Waals surface area contributed by atoms with Crippen LogP contribution in [-0.2, 0) is 0 Å². The maximum atomic E-state index is 12.6. The molecule has 9 nitrogen and oxygen atoms in total. The van der Waals surface area contributed by atoms with Gasteiger partial charge in [-0.1, -0.05) is 16.7 Å². The number of rotatable bonds is 5. The van der Waals surface area contributed by atoms with E-state index in [1.165, 1.54) is 6.39 Å². The summed E-state index contributed by atoms with van der Waals surface area (Å²) >= 11 is 5.90. The van der Waals surface area contributed by atoms with Gasteiger partial charge in [0.1, 0.15) is 5.75 Å². The molecule has 3 aromatic rings. The molecule has 0 bridgehead atoms. The Balaban J connectivity index is 1.50. The molecule has 0 unspecified atom stereocenters. The average Bonchev–Trinajstić information content (AvgIpc) is 3.31. The molecule has 1 aliphatic heterocycles. The topological polar surface area (TPSA) is 105 Å². The van der Waals surface area contributed by atoms with Gasteiger partial charge >= 0.3 is 12.0 Å².